The van der Waals surface area contributed by atoms with E-state index in [1.165, 1.54) is 5.56 Å². The van der Waals surface area contributed by atoms with Gasteiger partial charge in [0.1, 0.15) is 5.75 Å². The van der Waals surface area contributed by atoms with Crippen molar-refractivity contribution in [1.29, 1.82) is 0 Å². The predicted molar refractivity (Wildman–Crippen MR) is 116 cm³/mol. The van der Waals surface area contributed by atoms with Crippen LogP contribution < -0.4 is 15.0 Å². The van der Waals surface area contributed by atoms with E-state index in [0.29, 0.717) is 30.5 Å². The monoisotopic (exact) mass is 417 g/mol. The summed E-state index contributed by atoms with van der Waals surface area (Å²) in [5.41, 5.74) is 2.33. The molecule has 1 N–H and O–H groups in total. The molecule has 1 saturated heterocycles. The molecule has 1 atom stereocenters. The highest BCUT2D eigenvalue weighted by molar-refractivity contribution is 6.30. The van der Waals surface area contributed by atoms with Crippen molar-refractivity contribution in [3.05, 3.63) is 59.1 Å². The number of morpholine rings is 1. The lowest BCUT2D eigenvalue weighted by Gasteiger charge is -2.35. The summed E-state index contributed by atoms with van der Waals surface area (Å²) >= 11 is 5.87. The number of amides is 1. The largest absolute Gasteiger partial charge is 0.484 e. The maximum atomic E-state index is 12.3. The van der Waals surface area contributed by atoms with E-state index in [2.05, 4.69) is 39.4 Å². The number of hydrogen-bond donors (Lipinski definition) is 1. The summed E-state index contributed by atoms with van der Waals surface area (Å²) in [4.78, 5) is 16.8. The summed E-state index contributed by atoms with van der Waals surface area (Å²) in [7, 11) is 4.05. The number of carbonyl (C=O) groups is 1. The van der Waals surface area contributed by atoms with E-state index >= 15 is 0 Å². The molecule has 0 aromatic heterocycles. The Hall–Kier alpha value is -2.28. The molecule has 0 spiro atoms. The van der Waals surface area contributed by atoms with Crippen molar-refractivity contribution in [2.75, 3.05) is 58.5 Å². The number of nitrogens with zero attached hydrogens (tertiary/aromatic N) is 2. The first kappa shape index (κ1) is 21.4. The molecule has 29 heavy (non-hydrogen) atoms. The zero-order valence-corrected chi connectivity index (χ0v) is 17.7. The fourth-order valence-electron chi connectivity index (χ4n) is 3.28. The van der Waals surface area contributed by atoms with Crippen molar-refractivity contribution in [3.63, 3.8) is 0 Å². The fourth-order valence-corrected chi connectivity index (χ4v) is 3.41. The maximum Gasteiger partial charge on any atom is 0.258 e. The number of ether oxygens (including phenoxy) is 2. The Kier molecular flexibility index (Phi) is 7.75. The van der Waals surface area contributed by atoms with Crippen LogP contribution in [0.25, 0.3) is 0 Å². The lowest BCUT2D eigenvalue weighted by Crippen LogP contribution is -2.44. The molecule has 0 bridgehead atoms. The minimum absolute atomic E-state index is 0.0307. The Bertz CT molecular complexity index is 775. The lowest BCUT2D eigenvalue weighted by molar-refractivity contribution is -0.123. The first-order chi connectivity index (χ1) is 14.0. The van der Waals surface area contributed by atoms with Gasteiger partial charge in [0.2, 0.25) is 0 Å². The molecule has 2 aromatic carbocycles. The van der Waals surface area contributed by atoms with Crippen molar-refractivity contribution >= 4 is 23.2 Å². The third kappa shape index (κ3) is 6.35. The van der Waals surface area contributed by atoms with E-state index in [9.17, 15) is 4.79 Å². The van der Waals surface area contributed by atoms with Crippen molar-refractivity contribution < 1.29 is 14.3 Å². The van der Waals surface area contributed by atoms with Crippen LogP contribution in [0.1, 0.15) is 11.6 Å². The van der Waals surface area contributed by atoms with Crippen LogP contribution >= 0.6 is 11.6 Å². The van der Waals surface area contributed by atoms with E-state index in [-0.39, 0.29) is 18.6 Å². The Morgan fingerprint density at radius 1 is 1.14 bits per heavy atom. The number of rotatable bonds is 8. The van der Waals surface area contributed by atoms with Gasteiger partial charge in [0, 0.05) is 44.4 Å². The second-order valence-corrected chi connectivity index (χ2v) is 7.63. The number of hydrogen-bond acceptors (Lipinski definition) is 5. The molecule has 2 aromatic rings. The Morgan fingerprint density at radius 2 is 1.79 bits per heavy atom. The summed E-state index contributed by atoms with van der Waals surface area (Å²) in [5.74, 6) is 0.469. The zero-order valence-electron chi connectivity index (χ0n) is 16.9. The van der Waals surface area contributed by atoms with Gasteiger partial charge in [-0.05, 0) is 42.0 Å². The average molecular weight is 418 g/mol. The minimum atomic E-state index is -0.150. The van der Waals surface area contributed by atoms with Gasteiger partial charge in [-0.3, -0.25) is 9.69 Å². The summed E-state index contributed by atoms with van der Waals surface area (Å²) in [6.07, 6.45) is 0. The van der Waals surface area contributed by atoms with Crippen LogP contribution in [-0.2, 0) is 9.53 Å². The van der Waals surface area contributed by atoms with Crippen LogP contribution in [0, 0.1) is 0 Å². The van der Waals surface area contributed by atoms with Crippen LogP contribution in [0.15, 0.2) is 48.5 Å². The van der Waals surface area contributed by atoms with E-state index in [0.717, 1.165) is 18.8 Å². The van der Waals surface area contributed by atoms with Gasteiger partial charge in [-0.2, -0.15) is 0 Å². The summed E-state index contributed by atoms with van der Waals surface area (Å²) in [5, 5.41) is 3.65. The summed E-state index contributed by atoms with van der Waals surface area (Å²) in [6, 6.07) is 15.5. The molecule has 1 heterocycles. The number of benzene rings is 2. The molecule has 1 fully saturated rings. The number of nitrogens with one attached hydrogen (secondary N) is 1. The third-order valence-corrected chi connectivity index (χ3v) is 5.21. The van der Waals surface area contributed by atoms with Gasteiger partial charge >= 0.3 is 0 Å². The van der Waals surface area contributed by atoms with Gasteiger partial charge in [-0.25, -0.2) is 0 Å². The van der Waals surface area contributed by atoms with Crippen LogP contribution in [-0.4, -0.2) is 64.4 Å². The molecule has 6 nitrogen and oxygen atoms in total. The molecule has 156 valence electrons. The molecule has 7 heteroatoms. The molecule has 0 saturated carbocycles. The van der Waals surface area contributed by atoms with E-state index in [1.807, 2.05) is 14.1 Å². The SMILES string of the molecule is CN(C)c1ccc(C(CNC(=O)COc2ccc(Cl)cc2)N2CCOCC2)cc1. The molecular formula is C22H28ClN3O3. The molecular weight excluding hydrogens is 390 g/mol. The van der Waals surface area contributed by atoms with Gasteiger partial charge in [-0.1, -0.05) is 23.7 Å². The molecule has 1 aliphatic heterocycles. The van der Waals surface area contributed by atoms with E-state index in [1.54, 1.807) is 24.3 Å². The van der Waals surface area contributed by atoms with E-state index in [4.69, 9.17) is 21.1 Å². The highest BCUT2D eigenvalue weighted by Gasteiger charge is 2.23. The molecule has 1 amide bonds. The quantitative estimate of drug-likeness (QED) is 0.715. The molecule has 0 radical (unpaired) electrons. The topological polar surface area (TPSA) is 54.0 Å². The maximum absolute atomic E-state index is 12.3. The standard InChI is InChI=1S/C22H28ClN3O3/c1-25(2)19-7-3-17(4-8-19)21(26-11-13-28-14-12-26)15-24-22(27)16-29-20-9-5-18(23)6-10-20/h3-10,21H,11-16H2,1-2H3,(H,24,27). The number of anilines is 1. The first-order valence-electron chi connectivity index (χ1n) is 9.77. The highest BCUT2D eigenvalue weighted by atomic mass is 35.5. The smallest absolute Gasteiger partial charge is 0.258 e. The van der Waals surface area contributed by atoms with Crippen LogP contribution in [0.5, 0.6) is 5.75 Å². The van der Waals surface area contributed by atoms with Gasteiger partial charge in [-0.15, -0.1) is 0 Å². The zero-order chi connectivity index (χ0) is 20.6. The number of halogens is 1. The molecule has 1 aliphatic rings. The van der Waals surface area contributed by atoms with Gasteiger partial charge in [0.15, 0.2) is 6.61 Å². The predicted octanol–water partition coefficient (Wildman–Crippen LogP) is 2.97. The number of carbonyl (C=O) groups excluding carboxylic acids is 1. The van der Waals surface area contributed by atoms with Crippen molar-refractivity contribution in [2.45, 2.75) is 6.04 Å². The summed E-state index contributed by atoms with van der Waals surface area (Å²) in [6.45, 7) is 3.59. The van der Waals surface area contributed by atoms with Crippen LogP contribution in [0.3, 0.4) is 0 Å². The second-order valence-electron chi connectivity index (χ2n) is 7.20. The molecule has 0 aliphatic carbocycles. The third-order valence-electron chi connectivity index (χ3n) is 4.96. The first-order valence-corrected chi connectivity index (χ1v) is 10.1. The fraction of sp³-hybridized carbons (Fsp3) is 0.409. The van der Waals surface area contributed by atoms with Crippen LogP contribution in [0.4, 0.5) is 5.69 Å². The van der Waals surface area contributed by atoms with Gasteiger partial charge in [0.05, 0.1) is 19.3 Å². The summed E-state index contributed by atoms with van der Waals surface area (Å²) < 4.78 is 11.0. The Morgan fingerprint density at radius 3 is 2.41 bits per heavy atom. The van der Waals surface area contributed by atoms with Crippen molar-refractivity contribution in [1.82, 2.24) is 10.2 Å². The Balaban J connectivity index is 1.60. The van der Waals surface area contributed by atoms with E-state index < -0.39 is 0 Å². The van der Waals surface area contributed by atoms with Crippen LogP contribution in [0.2, 0.25) is 5.02 Å². The van der Waals surface area contributed by atoms with Gasteiger partial charge < -0.3 is 19.7 Å². The van der Waals surface area contributed by atoms with Crippen molar-refractivity contribution in [3.8, 4) is 5.75 Å². The highest BCUT2D eigenvalue weighted by Crippen LogP contribution is 2.24. The van der Waals surface area contributed by atoms with Crippen molar-refractivity contribution in [2.24, 2.45) is 0 Å². The van der Waals surface area contributed by atoms with Gasteiger partial charge in [0.25, 0.3) is 5.91 Å². The minimum Gasteiger partial charge on any atom is -0.484 e. The lowest BCUT2D eigenvalue weighted by atomic mass is 10.0. The molecule has 3 rings (SSSR count). The molecule has 1 unspecified atom stereocenters. The Labute approximate surface area is 177 Å². The normalized spacial score (nSPS) is 15.6. The second kappa shape index (κ2) is 10.5. The average Bonchev–Trinajstić information content (AvgIpc) is 2.74.